The number of hydrogen-bond donors (Lipinski definition) is 1. The van der Waals surface area contributed by atoms with Crippen LogP contribution >= 0.6 is 15.9 Å². The highest BCUT2D eigenvalue weighted by Gasteiger charge is 2.14. The van der Waals surface area contributed by atoms with E-state index in [-0.39, 0.29) is 17.6 Å². The van der Waals surface area contributed by atoms with Crippen LogP contribution in [-0.4, -0.2) is 7.05 Å². The molecule has 0 aromatic heterocycles. The highest BCUT2D eigenvalue weighted by Crippen LogP contribution is 2.32. The van der Waals surface area contributed by atoms with Crippen molar-refractivity contribution in [2.24, 2.45) is 0 Å². The summed E-state index contributed by atoms with van der Waals surface area (Å²) in [7, 11) is 1.76. The Morgan fingerprint density at radius 2 is 1.85 bits per heavy atom. The van der Waals surface area contributed by atoms with Gasteiger partial charge in [0.05, 0.1) is 0 Å². The maximum absolute atomic E-state index is 13.7. The fourth-order valence-corrected chi connectivity index (χ4v) is 2.12. The summed E-state index contributed by atoms with van der Waals surface area (Å²) in [5, 5.41) is 3.01. The van der Waals surface area contributed by atoms with Crippen LogP contribution in [0.5, 0.6) is 11.5 Å². The maximum atomic E-state index is 13.7. The number of benzene rings is 2. The standard InChI is InChI=1S/C15H14BrF2NO/c1-9(19-2)12-8-11(17)4-6-14(12)20-15-7-10(16)3-5-13(15)18/h3-9,19H,1-2H3. The average Bonchev–Trinajstić information content (AvgIpc) is 2.43. The van der Waals surface area contributed by atoms with Gasteiger partial charge in [-0.3, -0.25) is 0 Å². The van der Waals surface area contributed by atoms with E-state index in [9.17, 15) is 8.78 Å². The van der Waals surface area contributed by atoms with Gasteiger partial charge in [-0.15, -0.1) is 0 Å². The van der Waals surface area contributed by atoms with Gasteiger partial charge in [-0.05, 0) is 50.4 Å². The van der Waals surface area contributed by atoms with Gasteiger partial charge in [0.15, 0.2) is 11.6 Å². The lowest BCUT2D eigenvalue weighted by Crippen LogP contribution is -2.13. The molecule has 0 heterocycles. The molecule has 0 saturated carbocycles. The molecule has 2 rings (SSSR count). The van der Waals surface area contributed by atoms with Gasteiger partial charge in [-0.1, -0.05) is 15.9 Å². The van der Waals surface area contributed by atoms with Crippen LogP contribution in [0.15, 0.2) is 40.9 Å². The van der Waals surface area contributed by atoms with Crippen LogP contribution in [0.3, 0.4) is 0 Å². The second-order valence-corrected chi connectivity index (χ2v) is 5.28. The van der Waals surface area contributed by atoms with Gasteiger partial charge in [-0.25, -0.2) is 8.78 Å². The molecule has 5 heteroatoms. The smallest absolute Gasteiger partial charge is 0.165 e. The molecule has 0 radical (unpaired) electrons. The van der Waals surface area contributed by atoms with Crippen molar-refractivity contribution < 1.29 is 13.5 Å². The lowest BCUT2D eigenvalue weighted by molar-refractivity contribution is 0.429. The largest absolute Gasteiger partial charge is 0.454 e. The van der Waals surface area contributed by atoms with Crippen LogP contribution in [-0.2, 0) is 0 Å². The fraction of sp³-hybridized carbons (Fsp3) is 0.200. The first-order valence-corrected chi connectivity index (χ1v) is 6.90. The number of ether oxygens (including phenoxy) is 1. The molecule has 0 aliphatic carbocycles. The van der Waals surface area contributed by atoms with Crippen molar-refractivity contribution in [3.05, 3.63) is 58.1 Å². The van der Waals surface area contributed by atoms with Crippen LogP contribution in [0.25, 0.3) is 0 Å². The Morgan fingerprint density at radius 3 is 2.55 bits per heavy atom. The van der Waals surface area contributed by atoms with E-state index in [4.69, 9.17) is 4.74 Å². The topological polar surface area (TPSA) is 21.3 Å². The van der Waals surface area contributed by atoms with Crippen molar-refractivity contribution in [2.75, 3.05) is 7.05 Å². The minimum atomic E-state index is -0.472. The molecule has 0 aliphatic rings. The molecule has 1 N–H and O–H groups in total. The Bertz CT molecular complexity index is 619. The Kier molecular flexibility index (Phi) is 4.73. The van der Waals surface area contributed by atoms with E-state index < -0.39 is 5.82 Å². The maximum Gasteiger partial charge on any atom is 0.165 e. The monoisotopic (exact) mass is 341 g/mol. The molecule has 1 unspecified atom stereocenters. The van der Waals surface area contributed by atoms with Crippen LogP contribution in [0.1, 0.15) is 18.5 Å². The van der Waals surface area contributed by atoms with Crippen molar-refractivity contribution in [1.82, 2.24) is 5.32 Å². The zero-order valence-electron chi connectivity index (χ0n) is 11.1. The van der Waals surface area contributed by atoms with Crippen molar-refractivity contribution in [3.63, 3.8) is 0 Å². The summed E-state index contributed by atoms with van der Waals surface area (Å²) in [6.07, 6.45) is 0. The van der Waals surface area contributed by atoms with Crippen LogP contribution in [0.2, 0.25) is 0 Å². The highest BCUT2D eigenvalue weighted by atomic mass is 79.9. The van der Waals surface area contributed by atoms with Crippen LogP contribution < -0.4 is 10.1 Å². The first-order valence-electron chi connectivity index (χ1n) is 6.11. The summed E-state index contributed by atoms with van der Waals surface area (Å²) in [6, 6.07) is 8.49. The lowest BCUT2D eigenvalue weighted by Gasteiger charge is -2.16. The lowest BCUT2D eigenvalue weighted by atomic mass is 10.1. The van der Waals surface area contributed by atoms with Crippen molar-refractivity contribution in [2.45, 2.75) is 13.0 Å². The molecule has 0 fully saturated rings. The average molecular weight is 342 g/mol. The molecule has 106 valence electrons. The predicted molar refractivity (Wildman–Crippen MR) is 78.0 cm³/mol. The number of halogens is 3. The van der Waals surface area contributed by atoms with Crippen molar-refractivity contribution in [3.8, 4) is 11.5 Å². The first-order chi connectivity index (χ1) is 9.51. The molecule has 0 amide bonds. The summed E-state index contributed by atoms with van der Waals surface area (Å²) in [5.74, 6) is -0.314. The normalized spacial score (nSPS) is 12.2. The zero-order chi connectivity index (χ0) is 14.7. The molecule has 2 nitrogen and oxygen atoms in total. The van der Waals surface area contributed by atoms with Crippen LogP contribution in [0.4, 0.5) is 8.78 Å². The molecule has 0 saturated heterocycles. The Labute approximate surface area is 124 Å². The van der Waals surface area contributed by atoms with Gasteiger partial charge in [0.1, 0.15) is 11.6 Å². The fourth-order valence-electron chi connectivity index (χ4n) is 1.78. The van der Waals surface area contributed by atoms with Gasteiger partial charge in [-0.2, -0.15) is 0 Å². The molecule has 0 aliphatic heterocycles. The SMILES string of the molecule is CNC(C)c1cc(F)ccc1Oc1cc(Br)ccc1F. The second kappa shape index (κ2) is 6.33. The molecule has 1 atom stereocenters. The van der Waals surface area contributed by atoms with E-state index in [1.807, 2.05) is 6.92 Å². The van der Waals surface area contributed by atoms with Gasteiger partial charge in [0.25, 0.3) is 0 Å². The summed E-state index contributed by atoms with van der Waals surface area (Å²) in [5.41, 5.74) is 0.631. The van der Waals surface area contributed by atoms with Gasteiger partial charge in [0, 0.05) is 16.1 Å². The summed E-state index contributed by atoms with van der Waals surface area (Å²) >= 11 is 3.26. The molecule has 0 bridgehead atoms. The van der Waals surface area contributed by atoms with Gasteiger partial charge < -0.3 is 10.1 Å². The molecule has 2 aromatic rings. The summed E-state index contributed by atoms with van der Waals surface area (Å²) in [6.45, 7) is 1.87. The van der Waals surface area contributed by atoms with E-state index in [0.717, 1.165) is 0 Å². The van der Waals surface area contributed by atoms with E-state index in [1.54, 1.807) is 13.1 Å². The number of rotatable bonds is 4. The third-order valence-electron chi connectivity index (χ3n) is 2.98. The Balaban J connectivity index is 2.40. The van der Waals surface area contributed by atoms with Crippen molar-refractivity contribution in [1.29, 1.82) is 0 Å². The minimum Gasteiger partial charge on any atom is -0.454 e. The summed E-state index contributed by atoms with van der Waals surface area (Å²) < 4.78 is 33.4. The first kappa shape index (κ1) is 14.9. The molecule has 20 heavy (non-hydrogen) atoms. The van der Waals surface area contributed by atoms with Crippen molar-refractivity contribution >= 4 is 15.9 Å². The molecule has 2 aromatic carbocycles. The second-order valence-electron chi connectivity index (χ2n) is 4.37. The quantitative estimate of drug-likeness (QED) is 0.862. The van der Waals surface area contributed by atoms with Gasteiger partial charge in [0.2, 0.25) is 0 Å². The third-order valence-corrected chi connectivity index (χ3v) is 3.48. The van der Waals surface area contributed by atoms with Crippen LogP contribution in [0, 0.1) is 11.6 Å². The highest BCUT2D eigenvalue weighted by molar-refractivity contribution is 9.10. The van der Waals surface area contributed by atoms with E-state index >= 15 is 0 Å². The molecular weight excluding hydrogens is 328 g/mol. The molecular formula is C15H14BrF2NO. The van der Waals surface area contributed by atoms with Gasteiger partial charge >= 0.3 is 0 Å². The third kappa shape index (κ3) is 3.35. The molecule has 0 spiro atoms. The van der Waals surface area contributed by atoms with E-state index in [0.29, 0.717) is 15.8 Å². The number of hydrogen-bond acceptors (Lipinski definition) is 2. The number of nitrogens with one attached hydrogen (secondary N) is 1. The van der Waals surface area contributed by atoms with E-state index in [2.05, 4.69) is 21.2 Å². The Morgan fingerprint density at radius 1 is 1.10 bits per heavy atom. The van der Waals surface area contributed by atoms with E-state index in [1.165, 1.54) is 30.3 Å². The minimum absolute atomic E-state index is 0.0931. The Hall–Kier alpha value is -1.46. The summed E-state index contributed by atoms with van der Waals surface area (Å²) in [4.78, 5) is 0. The zero-order valence-corrected chi connectivity index (χ0v) is 12.7. The predicted octanol–water partition coefficient (Wildman–Crippen LogP) is 4.80.